The van der Waals surface area contributed by atoms with Crippen molar-refractivity contribution in [1.29, 1.82) is 0 Å². The second kappa shape index (κ2) is 4.14. The molecule has 0 saturated carbocycles. The molecule has 0 radical (unpaired) electrons. The van der Waals surface area contributed by atoms with Crippen LogP contribution in [0.25, 0.3) is 0 Å². The molecule has 1 aromatic rings. The first-order valence-electron chi connectivity index (χ1n) is 3.35. The second-order valence-corrected chi connectivity index (χ2v) is 3.04. The van der Waals surface area contributed by atoms with E-state index in [0.29, 0.717) is 0 Å². The lowest BCUT2D eigenvalue weighted by atomic mass is 10.3. The summed E-state index contributed by atoms with van der Waals surface area (Å²) in [5, 5.41) is 2.11. The highest BCUT2D eigenvalue weighted by atomic mass is 32.1. The monoisotopic (exact) mass is 150 g/mol. The summed E-state index contributed by atoms with van der Waals surface area (Å²) in [5.41, 5.74) is 0. The highest BCUT2D eigenvalue weighted by Crippen LogP contribution is 2.09. The Kier molecular flexibility index (Phi) is 3.05. The summed E-state index contributed by atoms with van der Waals surface area (Å²) in [6.07, 6.45) is 2.11. The minimum Gasteiger partial charge on any atom is -0.149 e. The highest BCUT2D eigenvalue weighted by molar-refractivity contribution is 7.09. The van der Waals surface area contributed by atoms with Gasteiger partial charge in [-0.2, -0.15) is 0 Å². The van der Waals surface area contributed by atoms with E-state index in [0.717, 1.165) is 12.8 Å². The Labute approximate surface area is 65.9 Å². The predicted molar refractivity (Wildman–Crippen MR) is 46.1 cm³/mol. The number of thiophene rings is 1. The summed E-state index contributed by atoms with van der Waals surface area (Å²) in [7, 11) is 0. The lowest BCUT2D eigenvalue weighted by Crippen LogP contribution is -1.74. The molecule has 10 heavy (non-hydrogen) atoms. The summed E-state index contributed by atoms with van der Waals surface area (Å²) in [5.74, 6) is 5.93. The predicted octanol–water partition coefficient (Wildman–Crippen LogP) is 2.70. The third-order valence-electron chi connectivity index (χ3n) is 1.25. The molecule has 0 N–H and O–H groups in total. The maximum Gasteiger partial charge on any atom is 0.0137 e. The Morgan fingerprint density at radius 1 is 1.60 bits per heavy atom. The largest absolute Gasteiger partial charge is 0.149 e. The standard InChI is InChI=1S/C9H10S/c1-2-3-4-6-9-7-5-8-10-9/h5,7-8H,4,6H2,1H3. The van der Waals surface area contributed by atoms with Gasteiger partial charge >= 0.3 is 0 Å². The molecule has 1 heteroatoms. The fourth-order valence-corrected chi connectivity index (χ4v) is 1.47. The summed E-state index contributed by atoms with van der Waals surface area (Å²) in [6.45, 7) is 1.88. The fourth-order valence-electron chi connectivity index (χ4n) is 0.766. The van der Waals surface area contributed by atoms with Crippen molar-refractivity contribution in [3.63, 3.8) is 0 Å². The third kappa shape index (κ3) is 2.24. The normalized spacial score (nSPS) is 8.50. The van der Waals surface area contributed by atoms with E-state index in [1.165, 1.54) is 4.88 Å². The molecule has 0 unspecified atom stereocenters. The van der Waals surface area contributed by atoms with Crippen molar-refractivity contribution < 1.29 is 0 Å². The van der Waals surface area contributed by atoms with Crippen molar-refractivity contribution in [2.24, 2.45) is 0 Å². The first kappa shape index (κ1) is 7.37. The van der Waals surface area contributed by atoms with E-state index < -0.39 is 0 Å². The zero-order valence-electron chi connectivity index (χ0n) is 6.05. The van der Waals surface area contributed by atoms with Crippen LogP contribution in [0.5, 0.6) is 0 Å². The van der Waals surface area contributed by atoms with Crippen LogP contribution in [0.15, 0.2) is 17.5 Å². The number of rotatable bonds is 2. The lowest BCUT2D eigenvalue weighted by Gasteiger charge is -1.86. The molecule has 0 atom stereocenters. The smallest absolute Gasteiger partial charge is 0.0137 e. The van der Waals surface area contributed by atoms with E-state index in [1.54, 1.807) is 11.3 Å². The van der Waals surface area contributed by atoms with Gasteiger partial charge in [0.05, 0.1) is 0 Å². The van der Waals surface area contributed by atoms with E-state index in [4.69, 9.17) is 0 Å². The molecule has 0 aromatic carbocycles. The van der Waals surface area contributed by atoms with E-state index in [2.05, 4.69) is 29.4 Å². The van der Waals surface area contributed by atoms with Crippen LogP contribution in [0.4, 0.5) is 0 Å². The van der Waals surface area contributed by atoms with Gasteiger partial charge in [0.1, 0.15) is 0 Å². The van der Waals surface area contributed by atoms with Crippen LogP contribution >= 0.6 is 11.3 Å². The Bertz CT molecular complexity index is 223. The molecule has 0 aliphatic heterocycles. The molecular weight excluding hydrogens is 140 g/mol. The molecule has 0 bridgehead atoms. The van der Waals surface area contributed by atoms with Gasteiger partial charge in [-0.1, -0.05) is 6.07 Å². The van der Waals surface area contributed by atoms with Crippen molar-refractivity contribution in [3.8, 4) is 11.8 Å². The third-order valence-corrected chi connectivity index (χ3v) is 2.19. The van der Waals surface area contributed by atoms with Crippen molar-refractivity contribution in [2.75, 3.05) is 0 Å². The summed E-state index contributed by atoms with van der Waals surface area (Å²) < 4.78 is 0. The first-order valence-corrected chi connectivity index (χ1v) is 4.23. The molecular formula is C9H10S. The maximum absolute atomic E-state index is 3.04. The Balaban J connectivity index is 2.32. The molecule has 52 valence electrons. The molecule has 0 nitrogen and oxygen atoms in total. The van der Waals surface area contributed by atoms with Crippen LogP contribution in [-0.4, -0.2) is 0 Å². The summed E-state index contributed by atoms with van der Waals surface area (Å²) in [4.78, 5) is 1.43. The minimum atomic E-state index is 0.997. The van der Waals surface area contributed by atoms with Gasteiger partial charge in [-0.25, -0.2) is 0 Å². The van der Waals surface area contributed by atoms with Gasteiger partial charge < -0.3 is 0 Å². The molecule has 1 rings (SSSR count). The molecule has 0 spiro atoms. The van der Waals surface area contributed by atoms with Crippen LogP contribution in [0.1, 0.15) is 18.2 Å². The Morgan fingerprint density at radius 3 is 3.10 bits per heavy atom. The number of hydrogen-bond donors (Lipinski definition) is 0. The van der Waals surface area contributed by atoms with Crippen LogP contribution in [0.2, 0.25) is 0 Å². The minimum absolute atomic E-state index is 0.997. The van der Waals surface area contributed by atoms with Crippen LogP contribution in [0.3, 0.4) is 0 Å². The number of aryl methyl sites for hydroxylation is 1. The first-order chi connectivity index (χ1) is 4.93. The molecule has 1 aromatic heterocycles. The molecule has 0 fully saturated rings. The van der Waals surface area contributed by atoms with E-state index in [1.807, 2.05) is 6.92 Å². The van der Waals surface area contributed by atoms with Gasteiger partial charge in [-0.05, 0) is 24.8 Å². The zero-order valence-corrected chi connectivity index (χ0v) is 6.87. The zero-order chi connectivity index (χ0) is 7.23. The molecule has 1 heterocycles. The average Bonchev–Trinajstić information content (AvgIpc) is 2.41. The van der Waals surface area contributed by atoms with Crippen LogP contribution in [-0.2, 0) is 6.42 Å². The van der Waals surface area contributed by atoms with Gasteiger partial charge in [0.25, 0.3) is 0 Å². The molecule has 0 saturated heterocycles. The highest BCUT2D eigenvalue weighted by Gasteiger charge is 1.88. The Morgan fingerprint density at radius 2 is 2.50 bits per heavy atom. The summed E-state index contributed by atoms with van der Waals surface area (Å²) >= 11 is 1.81. The quantitative estimate of drug-likeness (QED) is 0.569. The molecule has 0 amide bonds. The van der Waals surface area contributed by atoms with Gasteiger partial charge in [0.2, 0.25) is 0 Å². The second-order valence-electron chi connectivity index (χ2n) is 2.01. The Hall–Kier alpha value is -0.740. The van der Waals surface area contributed by atoms with Gasteiger partial charge in [-0.15, -0.1) is 23.2 Å². The topological polar surface area (TPSA) is 0 Å². The average molecular weight is 150 g/mol. The van der Waals surface area contributed by atoms with Crippen molar-refractivity contribution in [3.05, 3.63) is 22.4 Å². The molecule has 0 aliphatic carbocycles. The number of hydrogen-bond acceptors (Lipinski definition) is 1. The van der Waals surface area contributed by atoms with Gasteiger partial charge in [0.15, 0.2) is 0 Å². The van der Waals surface area contributed by atoms with E-state index >= 15 is 0 Å². The SMILES string of the molecule is CC#CCCc1cccs1. The van der Waals surface area contributed by atoms with Crippen molar-refractivity contribution in [1.82, 2.24) is 0 Å². The van der Waals surface area contributed by atoms with E-state index in [-0.39, 0.29) is 0 Å². The van der Waals surface area contributed by atoms with Gasteiger partial charge in [-0.3, -0.25) is 0 Å². The maximum atomic E-state index is 3.04. The molecule has 0 aliphatic rings. The van der Waals surface area contributed by atoms with Gasteiger partial charge in [0, 0.05) is 11.3 Å². The summed E-state index contributed by atoms with van der Waals surface area (Å²) in [6, 6.07) is 4.24. The van der Waals surface area contributed by atoms with Crippen molar-refractivity contribution in [2.45, 2.75) is 19.8 Å². The van der Waals surface area contributed by atoms with Crippen LogP contribution in [0, 0.1) is 11.8 Å². The van der Waals surface area contributed by atoms with E-state index in [9.17, 15) is 0 Å². The fraction of sp³-hybridized carbons (Fsp3) is 0.333. The lowest BCUT2D eigenvalue weighted by molar-refractivity contribution is 1.06. The van der Waals surface area contributed by atoms with Crippen molar-refractivity contribution >= 4 is 11.3 Å². The van der Waals surface area contributed by atoms with Crippen LogP contribution < -0.4 is 0 Å².